The van der Waals surface area contributed by atoms with Crippen molar-refractivity contribution in [1.82, 2.24) is 9.13 Å². The predicted octanol–water partition coefficient (Wildman–Crippen LogP) is 23.1. The van der Waals surface area contributed by atoms with Crippen molar-refractivity contribution < 1.29 is 55.4 Å². The average Bonchev–Trinajstić information content (AvgIpc) is 1.01. The molecule has 466 valence electrons. The van der Waals surface area contributed by atoms with Crippen LogP contribution < -0.4 is 26.2 Å². The lowest BCUT2D eigenvalue weighted by Gasteiger charge is -2.44. The molecule has 19 aromatic rings. The van der Waals surface area contributed by atoms with Crippen LogP contribution in [0.15, 0.2) is 330 Å². The molecule has 6 heterocycles. The molecule has 4 aromatic heterocycles. The van der Waals surface area contributed by atoms with Gasteiger partial charge in [-0.3, -0.25) is 0 Å². The highest BCUT2D eigenvalue weighted by Crippen LogP contribution is 2.55. The smallest absolute Gasteiger partial charge is 0.252 e. The molecule has 0 saturated carbocycles. The molecular formula is C93H59BN4O2. The van der Waals surface area contributed by atoms with Crippen molar-refractivity contribution in [2.24, 2.45) is 0 Å². The van der Waals surface area contributed by atoms with E-state index in [1.165, 1.54) is 34.1 Å². The van der Waals surface area contributed by atoms with E-state index < -0.39 is 350 Å². The number of benzene rings is 15. The Kier molecular flexibility index (Phi) is 6.60. The molecule has 0 saturated heterocycles. The molecule has 0 amide bonds. The van der Waals surface area contributed by atoms with Gasteiger partial charge >= 0.3 is 0 Å². The Morgan fingerprint density at radius 3 is 1.22 bits per heavy atom. The summed E-state index contributed by atoms with van der Waals surface area (Å²) in [7, 11) is 0. The second-order valence-corrected chi connectivity index (χ2v) is 25.2. The van der Waals surface area contributed by atoms with E-state index in [0.29, 0.717) is 11.1 Å². The lowest BCUT2D eigenvalue weighted by atomic mass is 9.33. The summed E-state index contributed by atoms with van der Waals surface area (Å²) >= 11 is 0. The zero-order valence-corrected chi connectivity index (χ0v) is 52.2. The second kappa shape index (κ2) is 20.6. The number of para-hydroxylation sites is 6. The van der Waals surface area contributed by atoms with Gasteiger partial charge in [0.05, 0.1) is 80.0 Å². The Hall–Kier alpha value is -12.8. The van der Waals surface area contributed by atoms with E-state index in [9.17, 15) is 38.4 Å². The summed E-state index contributed by atoms with van der Waals surface area (Å²) < 4.78 is 354. The topological polar surface area (TPSA) is 42.6 Å². The molecule has 7 heteroatoms. The normalized spacial score (nSPS) is 18.3. The first-order chi connectivity index (χ1) is 63.6. The molecule has 100 heavy (non-hydrogen) atoms. The van der Waals surface area contributed by atoms with Crippen LogP contribution in [0.2, 0.25) is 0 Å². The first-order valence-corrected chi connectivity index (χ1v) is 31.9. The highest BCUT2D eigenvalue weighted by molar-refractivity contribution is 7.00. The van der Waals surface area contributed by atoms with Crippen molar-refractivity contribution in [2.45, 2.75) is 19.3 Å². The fraction of sp³-hybridized carbons (Fsp3) is 0.0323. The lowest BCUT2D eigenvalue weighted by molar-refractivity contribution is 0.660. The maximum absolute atomic E-state index is 11.7. The van der Waals surface area contributed by atoms with Crippen molar-refractivity contribution in [3.8, 4) is 55.9 Å². The summed E-state index contributed by atoms with van der Waals surface area (Å²) in [4.78, 5) is 2.40. The zero-order valence-electron chi connectivity index (χ0n) is 86.2. The molecule has 1 aliphatic carbocycles. The first-order valence-electron chi connectivity index (χ1n) is 48.9. The van der Waals surface area contributed by atoms with Crippen LogP contribution in [0.1, 0.15) is 71.6 Å². The van der Waals surface area contributed by atoms with Gasteiger partial charge in [0.2, 0.25) is 0 Å². The summed E-state index contributed by atoms with van der Waals surface area (Å²) in [6, 6.07) is 2.23. The van der Waals surface area contributed by atoms with E-state index >= 15 is 0 Å². The summed E-state index contributed by atoms with van der Waals surface area (Å²) in [5, 5.41) is -3.82. The molecule has 0 bridgehead atoms. The molecule has 0 atom stereocenters. The maximum Gasteiger partial charge on any atom is 0.252 e. The molecule has 0 N–H and O–H groups in total. The number of furan rings is 2. The molecular weight excluding hydrogens is 1220 g/mol. The van der Waals surface area contributed by atoms with Crippen LogP contribution in [0, 0.1) is 0 Å². The Labute approximate surface area is 624 Å². The highest BCUT2D eigenvalue weighted by Gasteiger charge is 2.46. The minimum Gasteiger partial charge on any atom is -0.454 e. The monoisotopic (exact) mass is 1310 g/mol. The molecule has 0 unspecified atom stereocenters. The fourth-order valence-electron chi connectivity index (χ4n) is 15.3. The molecule has 0 fully saturated rings. The fourth-order valence-corrected chi connectivity index (χ4v) is 15.3. The first kappa shape index (κ1) is 32.0. The van der Waals surface area contributed by atoms with E-state index in [4.69, 9.17) is 17.1 Å². The van der Waals surface area contributed by atoms with E-state index in [1.54, 1.807) is 54.6 Å². The Bertz CT molecular complexity index is 8270. The average molecular weight is 1310 g/mol. The van der Waals surface area contributed by atoms with Gasteiger partial charge in [-0.25, -0.2) is 0 Å². The molecule has 2 aliphatic heterocycles. The highest BCUT2D eigenvalue weighted by atomic mass is 16.3. The standard InChI is InChI=1S/C93H59BN4O2/c1-93(2)74-34-16-9-27-64(74)71-47-58(41-44-75(71)93)61-50-84-90-85(51-61)98(87-53-60(57-25-7-4-8-26-57)49-73-70-33-15-22-40-89(70)100-92(73)87)83-55-63(96-80-37-19-12-30-67(80)68-31-13-20-38-81(68)96)43-46-77(83)94(90)76-45-42-62(95-78-35-17-10-28-65(78)66-29-11-18-36-79(66)95)54-82(76)97(84)86-52-59(56-23-5-3-6-24-56)48-72-69-32-14-21-39-88(69)99-91(72)86/h3-55H,1-2H3/i10D,11D,12D,13D,14D,15D,17D,18D,19D,20D,21D,22D,28D,29D,30D,31D,32D,33D,35D,36D,37D,38D,39D,40D,42D,43D,45D,46D,48D,49D,52D,53D,54D,55D. The van der Waals surface area contributed by atoms with Gasteiger partial charge in [-0.05, 0) is 175 Å². The molecule has 15 aromatic carbocycles. The third kappa shape index (κ3) is 7.74. The largest absolute Gasteiger partial charge is 0.454 e. The summed E-state index contributed by atoms with van der Waals surface area (Å²) in [5.41, 5.74) is -9.13. The van der Waals surface area contributed by atoms with Gasteiger partial charge in [0.15, 0.2) is 11.2 Å². The molecule has 0 spiro atoms. The Morgan fingerprint density at radius 1 is 0.320 bits per heavy atom. The van der Waals surface area contributed by atoms with Crippen molar-refractivity contribution in [3.05, 3.63) is 332 Å². The van der Waals surface area contributed by atoms with Gasteiger partial charge in [-0.1, -0.05) is 232 Å². The number of nitrogens with zero attached hydrogens (tertiary/aromatic N) is 4. The Morgan fingerprint density at radius 2 is 0.740 bits per heavy atom. The molecule has 22 rings (SSSR count). The maximum atomic E-state index is 11.7. The summed E-state index contributed by atoms with van der Waals surface area (Å²) in [5.74, 6) is 0. The number of hydrogen-bond acceptors (Lipinski definition) is 4. The van der Waals surface area contributed by atoms with Gasteiger partial charge in [0.25, 0.3) is 6.71 Å². The van der Waals surface area contributed by atoms with Crippen LogP contribution in [0.25, 0.3) is 143 Å². The van der Waals surface area contributed by atoms with Crippen LogP contribution >= 0.6 is 0 Å². The SMILES string of the molecule is [2H]c1c([2H])c(-n2c3c([2H])c([2H])c([2H])c([2H])c3c3c([2H])c([2H])c([2H])c([2H])c32)c([2H])c2c1B1c3c(cc(-c4ccc5c(c4)-c4ccccc4C5(C)C)cc3N(c3c([2H])c(-c4ccccc4)c([2H])c4c3oc3c([2H])c([2H])c([2H])c([2H])c34)c3c([2H])c(-n4c5c([2H])c([2H])c([2H])c([2H])c5c5c([2H])c([2H])c([2H])c([2H])c54)c([2H])c([2H])c31)N2c1c([2H])c(-c2ccccc2)c([2H])c2c1oc1c([2H])c([2H])c([2H])c([2H])c12. The van der Waals surface area contributed by atoms with E-state index in [1.807, 2.05) is 50.2 Å². The van der Waals surface area contributed by atoms with Crippen molar-refractivity contribution in [3.63, 3.8) is 0 Å². The van der Waals surface area contributed by atoms with E-state index in [-0.39, 0.29) is 44.7 Å². The number of hydrogen-bond donors (Lipinski definition) is 0. The predicted molar refractivity (Wildman–Crippen MR) is 418 cm³/mol. The quantitative estimate of drug-likeness (QED) is 0.149. The lowest BCUT2D eigenvalue weighted by Crippen LogP contribution is -2.61. The van der Waals surface area contributed by atoms with Crippen LogP contribution in [0.3, 0.4) is 0 Å². The van der Waals surface area contributed by atoms with Crippen LogP contribution in [-0.2, 0) is 5.41 Å². The van der Waals surface area contributed by atoms with Crippen molar-refractivity contribution >= 4 is 145 Å². The van der Waals surface area contributed by atoms with Crippen LogP contribution in [-0.4, -0.2) is 15.8 Å². The van der Waals surface area contributed by atoms with E-state index in [0.717, 1.165) is 25.8 Å². The number of anilines is 6. The van der Waals surface area contributed by atoms with Gasteiger partial charge in [-0.15, -0.1) is 0 Å². The Balaban J connectivity index is 1.03. The minimum atomic E-state index is -2.15. The van der Waals surface area contributed by atoms with Gasteiger partial charge in [0, 0.05) is 82.6 Å². The second-order valence-electron chi connectivity index (χ2n) is 25.2. The third-order valence-electron chi connectivity index (χ3n) is 19.6. The van der Waals surface area contributed by atoms with Gasteiger partial charge in [-0.2, -0.15) is 0 Å². The van der Waals surface area contributed by atoms with Gasteiger partial charge < -0.3 is 27.8 Å². The molecule has 3 aliphatic rings. The number of fused-ring (bicyclic) bond motifs is 19. The zero-order chi connectivity index (χ0) is 95.2. The van der Waals surface area contributed by atoms with Crippen LogP contribution in [0.5, 0.6) is 0 Å². The van der Waals surface area contributed by atoms with Crippen molar-refractivity contribution in [1.29, 1.82) is 0 Å². The third-order valence-corrected chi connectivity index (χ3v) is 19.6. The van der Waals surface area contributed by atoms with Crippen molar-refractivity contribution in [2.75, 3.05) is 9.80 Å². The summed E-state index contributed by atoms with van der Waals surface area (Å²) in [6.07, 6.45) is 0. The van der Waals surface area contributed by atoms with E-state index in [2.05, 4.69) is 0 Å². The van der Waals surface area contributed by atoms with Crippen LogP contribution in [0.4, 0.5) is 34.1 Å². The molecule has 0 radical (unpaired) electrons. The van der Waals surface area contributed by atoms with Gasteiger partial charge in [0.1, 0.15) is 11.2 Å². The summed E-state index contributed by atoms with van der Waals surface area (Å²) in [6.45, 7) is 1.91. The minimum absolute atomic E-state index is 0.0674. The number of rotatable bonds is 7. The number of aromatic nitrogens is 2. The molecule has 6 nitrogen and oxygen atoms in total.